The summed E-state index contributed by atoms with van der Waals surface area (Å²) < 4.78 is 10.6. The quantitative estimate of drug-likeness (QED) is 0.648. The van der Waals surface area contributed by atoms with E-state index in [1.54, 1.807) is 19.2 Å². The third kappa shape index (κ3) is 4.46. The maximum Gasteiger partial charge on any atom is 0.258 e. The van der Waals surface area contributed by atoms with Crippen molar-refractivity contribution in [2.45, 2.75) is 33.0 Å². The van der Waals surface area contributed by atoms with Crippen molar-refractivity contribution in [3.05, 3.63) is 63.2 Å². The first-order valence-corrected chi connectivity index (χ1v) is 9.42. The molecule has 2 aromatic carbocycles. The maximum atomic E-state index is 12.6. The summed E-state index contributed by atoms with van der Waals surface area (Å²) in [7, 11) is 3.10. The number of hydrogen-bond acceptors (Lipinski definition) is 5. The molecule has 7 heteroatoms. The molecule has 3 aromatic rings. The van der Waals surface area contributed by atoms with Crippen LogP contribution < -0.4 is 15.0 Å². The Morgan fingerprint density at radius 1 is 1.11 bits per heavy atom. The van der Waals surface area contributed by atoms with Crippen molar-refractivity contribution in [1.29, 1.82) is 0 Å². The summed E-state index contributed by atoms with van der Waals surface area (Å²) >= 11 is 6.11. The zero-order valence-electron chi connectivity index (χ0n) is 16.5. The molecule has 1 aromatic heterocycles. The van der Waals surface area contributed by atoms with Crippen LogP contribution in [0.25, 0.3) is 10.9 Å². The summed E-state index contributed by atoms with van der Waals surface area (Å²) in [6, 6.07) is 11.4. The second kappa shape index (κ2) is 8.63. The molecule has 28 heavy (non-hydrogen) atoms. The van der Waals surface area contributed by atoms with Gasteiger partial charge in [0, 0.05) is 23.7 Å². The molecule has 1 N–H and O–H groups in total. The normalized spacial score (nSPS) is 11.4. The van der Waals surface area contributed by atoms with Gasteiger partial charge in [-0.3, -0.25) is 9.69 Å². The Kier molecular flexibility index (Phi) is 6.21. The number of methoxy groups -OCH3 is 2. The van der Waals surface area contributed by atoms with Crippen LogP contribution >= 0.6 is 11.6 Å². The van der Waals surface area contributed by atoms with E-state index in [1.807, 2.05) is 24.3 Å². The molecule has 0 unspecified atom stereocenters. The zero-order valence-corrected chi connectivity index (χ0v) is 17.2. The molecule has 148 valence electrons. The number of benzene rings is 2. The van der Waals surface area contributed by atoms with E-state index in [0.717, 1.165) is 5.56 Å². The second-order valence-electron chi connectivity index (χ2n) is 6.87. The van der Waals surface area contributed by atoms with E-state index in [1.165, 1.54) is 7.11 Å². The van der Waals surface area contributed by atoms with E-state index >= 15 is 0 Å². The Hall–Kier alpha value is -2.57. The molecule has 0 spiro atoms. The summed E-state index contributed by atoms with van der Waals surface area (Å²) in [5, 5.41) is 1.17. The highest BCUT2D eigenvalue weighted by atomic mass is 35.5. The monoisotopic (exact) mass is 401 g/mol. The third-order valence-corrected chi connectivity index (χ3v) is 4.85. The highest BCUT2D eigenvalue weighted by Crippen LogP contribution is 2.30. The second-order valence-corrected chi connectivity index (χ2v) is 7.30. The highest BCUT2D eigenvalue weighted by Gasteiger charge is 2.15. The molecule has 0 aliphatic carbocycles. The Bertz CT molecular complexity index is 1030. The standard InChI is InChI=1S/C21H24ClN3O3/c1-13(2)25(11-14-6-5-7-15(22)8-14)12-20-23-17-10-19(28-4)18(27-3)9-16(17)21(26)24-20/h5-10,13H,11-12H2,1-4H3,(H,23,24,26). The largest absolute Gasteiger partial charge is 0.493 e. The molecule has 1 heterocycles. The van der Waals surface area contributed by atoms with Crippen molar-refractivity contribution in [2.24, 2.45) is 0 Å². The minimum atomic E-state index is -0.201. The van der Waals surface area contributed by atoms with Gasteiger partial charge in [-0.25, -0.2) is 4.98 Å². The summed E-state index contributed by atoms with van der Waals surface area (Å²) in [6.45, 7) is 5.42. The van der Waals surface area contributed by atoms with E-state index in [0.29, 0.717) is 46.3 Å². The van der Waals surface area contributed by atoms with E-state index < -0.39 is 0 Å². The third-order valence-electron chi connectivity index (χ3n) is 4.62. The molecule has 0 aliphatic heterocycles. The Labute approximate surface area is 169 Å². The number of hydrogen-bond donors (Lipinski definition) is 1. The van der Waals surface area contributed by atoms with Crippen LogP contribution in [0.3, 0.4) is 0 Å². The van der Waals surface area contributed by atoms with Gasteiger partial charge in [-0.1, -0.05) is 23.7 Å². The number of ether oxygens (including phenoxy) is 2. The predicted molar refractivity (Wildman–Crippen MR) is 111 cm³/mol. The lowest BCUT2D eigenvalue weighted by Crippen LogP contribution is -2.31. The summed E-state index contributed by atoms with van der Waals surface area (Å²) in [5.41, 5.74) is 1.48. The van der Waals surface area contributed by atoms with Crippen LogP contribution in [0.2, 0.25) is 5.02 Å². The van der Waals surface area contributed by atoms with E-state index in [-0.39, 0.29) is 11.6 Å². The van der Waals surface area contributed by atoms with Crippen molar-refractivity contribution in [3.63, 3.8) is 0 Å². The van der Waals surface area contributed by atoms with Gasteiger partial charge in [-0.05, 0) is 37.6 Å². The minimum Gasteiger partial charge on any atom is -0.493 e. The molecule has 0 fully saturated rings. The van der Waals surface area contributed by atoms with Gasteiger partial charge < -0.3 is 14.5 Å². The fourth-order valence-electron chi connectivity index (χ4n) is 3.07. The molecule has 6 nitrogen and oxygen atoms in total. The van der Waals surface area contributed by atoms with Crippen molar-refractivity contribution in [1.82, 2.24) is 14.9 Å². The molecular weight excluding hydrogens is 378 g/mol. The van der Waals surface area contributed by atoms with E-state index in [2.05, 4.69) is 28.7 Å². The first-order valence-electron chi connectivity index (χ1n) is 9.04. The minimum absolute atomic E-state index is 0.201. The predicted octanol–water partition coefficient (Wildman–Crippen LogP) is 4.00. The number of nitrogens with one attached hydrogen (secondary N) is 1. The smallest absolute Gasteiger partial charge is 0.258 e. The average molecular weight is 402 g/mol. The number of H-pyrrole nitrogens is 1. The number of halogens is 1. The molecule has 3 rings (SSSR count). The summed E-state index contributed by atoms with van der Waals surface area (Å²) in [4.78, 5) is 22.3. The molecule has 0 radical (unpaired) electrons. The van der Waals surface area contributed by atoms with Gasteiger partial charge in [-0.15, -0.1) is 0 Å². The first kappa shape index (κ1) is 20.2. The maximum absolute atomic E-state index is 12.6. The molecule has 0 atom stereocenters. The van der Waals surface area contributed by atoms with Crippen LogP contribution in [0.5, 0.6) is 11.5 Å². The van der Waals surface area contributed by atoms with Crippen LogP contribution in [0, 0.1) is 0 Å². The summed E-state index contributed by atoms with van der Waals surface area (Å²) in [6.07, 6.45) is 0. The van der Waals surface area contributed by atoms with Crippen molar-refractivity contribution in [2.75, 3.05) is 14.2 Å². The van der Waals surface area contributed by atoms with Gasteiger partial charge in [0.05, 0.1) is 31.7 Å². The number of rotatable bonds is 7. The van der Waals surface area contributed by atoms with Crippen LogP contribution in [-0.2, 0) is 13.1 Å². The molecular formula is C21H24ClN3O3. The lowest BCUT2D eigenvalue weighted by atomic mass is 10.2. The molecule has 0 aliphatic rings. The van der Waals surface area contributed by atoms with Crippen molar-refractivity contribution >= 4 is 22.5 Å². The van der Waals surface area contributed by atoms with E-state index in [9.17, 15) is 4.79 Å². The van der Waals surface area contributed by atoms with Crippen molar-refractivity contribution in [3.8, 4) is 11.5 Å². The van der Waals surface area contributed by atoms with Crippen LogP contribution in [0.4, 0.5) is 0 Å². The average Bonchev–Trinajstić information content (AvgIpc) is 2.66. The fourth-order valence-corrected chi connectivity index (χ4v) is 3.29. The van der Waals surface area contributed by atoms with Gasteiger partial charge in [0.2, 0.25) is 0 Å². The Balaban J connectivity index is 1.94. The first-order chi connectivity index (χ1) is 13.4. The van der Waals surface area contributed by atoms with Crippen LogP contribution in [0.15, 0.2) is 41.2 Å². The number of nitrogens with zero attached hydrogens (tertiary/aromatic N) is 2. The zero-order chi connectivity index (χ0) is 20.3. The topological polar surface area (TPSA) is 67.5 Å². The Morgan fingerprint density at radius 3 is 2.46 bits per heavy atom. The van der Waals surface area contributed by atoms with Crippen molar-refractivity contribution < 1.29 is 9.47 Å². The molecule has 0 saturated carbocycles. The van der Waals surface area contributed by atoms with Crippen LogP contribution in [-0.4, -0.2) is 35.1 Å². The van der Waals surface area contributed by atoms with Crippen LogP contribution in [0.1, 0.15) is 25.2 Å². The fraction of sp³-hybridized carbons (Fsp3) is 0.333. The lowest BCUT2D eigenvalue weighted by molar-refractivity contribution is 0.198. The highest BCUT2D eigenvalue weighted by molar-refractivity contribution is 6.30. The molecule has 0 amide bonds. The number of aromatic amines is 1. The van der Waals surface area contributed by atoms with Gasteiger partial charge in [-0.2, -0.15) is 0 Å². The van der Waals surface area contributed by atoms with Gasteiger partial charge >= 0.3 is 0 Å². The molecule has 0 saturated heterocycles. The number of aromatic nitrogens is 2. The Morgan fingerprint density at radius 2 is 1.82 bits per heavy atom. The lowest BCUT2D eigenvalue weighted by Gasteiger charge is -2.26. The molecule has 0 bridgehead atoms. The van der Waals surface area contributed by atoms with Gasteiger partial charge in [0.1, 0.15) is 5.82 Å². The van der Waals surface area contributed by atoms with E-state index in [4.69, 9.17) is 21.1 Å². The SMILES string of the molecule is COc1cc2nc(CN(Cc3cccc(Cl)c3)C(C)C)[nH]c(=O)c2cc1OC. The summed E-state index contributed by atoms with van der Waals surface area (Å²) in [5.74, 6) is 1.64. The number of fused-ring (bicyclic) bond motifs is 1. The van der Waals surface area contributed by atoms with Gasteiger partial charge in [0.25, 0.3) is 5.56 Å². The van der Waals surface area contributed by atoms with Gasteiger partial charge in [0.15, 0.2) is 11.5 Å².